The van der Waals surface area contributed by atoms with Gasteiger partial charge in [-0.1, -0.05) is 11.6 Å². The van der Waals surface area contributed by atoms with Crippen LogP contribution in [0.3, 0.4) is 0 Å². The molecule has 4 nitrogen and oxygen atoms in total. The van der Waals surface area contributed by atoms with Crippen LogP contribution in [0.2, 0.25) is 5.15 Å². The molecule has 2 aliphatic carbocycles. The average Bonchev–Trinajstić information content (AvgIpc) is 3.19. The van der Waals surface area contributed by atoms with Gasteiger partial charge in [-0.15, -0.1) is 0 Å². The van der Waals surface area contributed by atoms with Gasteiger partial charge in [0.1, 0.15) is 11.8 Å². The molecular weight excluding hydrogens is 292 g/mol. The molecule has 0 unspecified atom stereocenters. The van der Waals surface area contributed by atoms with Crippen molar-refractivity contribution in [2.24, 2.45) is 23.7 Å². The maximum atomic E-state index is 6.11. The van der Waals surface area contributed by atoms with Crippen molar-refractivity contribution >= 4 is 34.5 Å². The molecule has 6 heteroatoms. The zero-order valence-corrected chi connectivity index (χ0v) is 12.5. The zero-order chi connectivity index (χ0) is 13.3. The number of hydrogen-bond donors (Lipinski definition) is 0. The van der Waals surface area contributed by atoms with E-state index in [0.29, 0.717) is 11.2 Å². The van der Waals surface area contributed by atoms with Crippen LogP contribution in [0.4, 0.5) is 0 Å². The van der Waals surface area contributed by atoms with E-state index < -0.39 is 0 Å². The molecule has 1 saturated heterocycles. The van der Waals surface area contributed by atoms with Crippen molar-refractivity contribution < 1.29 is 0 Å². The first-order valence-electron chi connectivity index (χ1n) is 7.23. The van der Waals surface area contributed by atoms with Gasteiger partial charge in [0.15, 0.2) is 10.8 Å². The van der Waals surface area contributed by atoms with Crippen molar-refractivity contribution in [1.29, 1.82) is 0 Å². The van der Waals surface area contributed by atoms with Gasteiger partial charge in [-0.05, 0) is 48.0 Å². The molecular formula is C14H15ClN4S. The quantitative estimate of drug-likeness (QED) is 0.760. The molecule has 20 heavy (non-hydrogen) atoms. The fraction of sp³-hybridized carbons (Fsp3) is 0.643. The van der Waals surface area contributed by atoms with Gasteiger partial charge in [0.25, 0.3) is 0 Å². The minimum Gasteiger partial charge on any atom is -0.312 e. The summed E-state index contributed by atoms with van der Waals surface area (Å²) in [4.78, 5) is 12.9. The summed E-state index contributed by atoms with van der Waals surface area (Å²) in [5.74, 6) is 6.36. The standard InChI is InChI=1S/C14H15ClN4S/c15-13-12-14(17-5-16-13)19(6-18-12)11-2-7-1-8(11)10-4-20-3-9(7)10/h5-11H,1-4H2/t7-,8-,9+,10-,11+/m1/s1. The van der Waals surface area contributed by atoms with Gasteiger partial charge in [-0.2, -0.15) is 11.8 Å². The maximum Gasteiger partial charge on any atom is 0.165 e. The third-order valence-corrected chi connectivity index (χ3v) is 7.13. The fourth-order valence-corrected chi connectivity index (χ4v) is 6.67. The van der Waals surface area contributed by atoms with Crippen LogP contribution in [0.15, 0.2) is 12.7 Å². The van der Waals surface area contributed by atoms with E-state index in [1.54, 1.807) is 6.33 Å². The van der Waals surface area contributed by atoms with E-state index in [2.05, 4.69) is 31.3 Å². The number of rotatable bonds is 1. The van der Waals surface area contributed by atoms with E-state index in [1.165, 1.54) is 24.3 Å². The molecule has 2 saturated carbocycles. The molecule has 1 aliphatic heterocycles. The Bertz CT molecular complexity index is 687. The van der Waals surface area contributed by atoms with Crippen LogP contribution in [0, 0.1) is 23.7 Å². The second-order valence-electron chi connectivity index (χ2n) is 6.32. The second kappa shape index (κ2) is 4.10. The molecule has 2 aromatic heterocycles. The number of fused-ring (bicyclic) bond motifs is 6. The van der Waals surface area contributed by atoms with E-state index in [0.717, 1.165) is 34.8 Å². The highest BCUT2D eigenvalue weighted by atomic mass is 35.5. The molecule has 2 bridgehead atoms. The molecule has 0 aromatic carbocycles. The Hall–Kier alpha value is -0.810. The number of hydrogen-bond acceptors (Lipinski definition) is 4. The van der Waals surface area contributed by atoms with E-state index in [4.69, 9.17) is 11.6 Å². The Kier molecular flexibility index (Phi) is 2.42. The first-order valence-corrected chi connectivity index (χ1v) is 8.77. The maximum absolute atomic E-state index is 6.11. The van der Waals surface area contributed by atoms with E-state index >= 15 is 0 Å². The number of thioether (sulfide) groups is 1. The topological polar surface area (TPSA) is 43.6 Å². The summed E-state index contributed by atoms with van der Waals surface area (Å²) in [5, 5.41) is 0.464. The lowest BCUT2D eigenvalue weighted by atomic mass is 9.79. The predicted octanol–water partition coefficient (Wildman–Crippen LogP) is 3.04. The minimum atomic E-state index is 0.464. The van der Waals surface area contributed by atoms with Crippen LogP contribution in [-0.4, -0.2) is 31.0 Å². The SMILES string of the molecule is Clc1ncnc2c1ncn2[C@H]1C[C@H]2C[C@@H]1[C@H]1CSC[C@@H]21. The van der Waals surface area contributed by atoms with Crippen LogP contribution in [0.25, 0.3) is 11.2 Å². The van der Waals surface area contributed by atoms with Crippen LogP contribution < -0.4 is 0 Å². The van der Waals surface area contributed by atoms with Crippen molar-refractivity contribution in [3.63, 3.8) is 0 Å². The lowest BCUT2D eigenvalue weighted by Gasteiger charge is -2.31. The van der Waals surface area contributed by atoms with Crippen molar-refractivity contribution in [2.45, 2.75) is 18.9 Å². The fourth-order valence-electron chi connectivity index (χ4n) is 4.80. The van der Waals surface area contributed by atoms with Gasteiger partial charge < -0.3 is 4.57 Å². The summed E-state index contributed by atoms with van der Waals surface area (Å²) in [5.41, 5.74) is 1.65. The summed E-state index contributed by atoms with van der Waals surface area (Å²) in [6.07, 6.45) is 6.16. The van der Waals surface area contributed by atoms with E-state index in [-0.39, 0.29) is 0 Å². The number of nitrogens with zero attached hydrogens (tertiary/aromatic N) is 4. The van der Waals surface area contributed by atoms with Gasteiger partial charge in [-0.3, -0.25) is 0 Å². The Morgan fingerprint density at radius 1 is 1.10 bits per heavy atom. The number of imidazole rings is 1. The molecule has 2 aromatic rings. The third-order valence-electron chi connectivity index (χ3n) is 5.61. The Morgan fingerprint density at radius 2 is 2.00 bits per heavy atom. The van der Waals surface area contributed by atoms with Gasteiger partial charge in [0.2, 0.25) is 0 Å². The smallest absolute Gasteiger partial charge is 0.165 e. The molecule has 0 N–H and O–H groups in total. The van der Waals surface area contributed by atoms with Crippen molar-refractivity contribution in [3.8, 4) is 0 Å². The molecule has 3 aliphatic rings. The van der Waals surface area contributed by atoms with E-state index in [1.807, 2.05) is 6.33 Å². The molecule has 5 rings (SSSR count). The normalized spacial score (nSPS) is 38.8. The van der Waals surface area contributed by atoms with Crippen LogP contribution in [-0.2, 0) is 0 Å². The highest BCUT2D eigenvalue weighted by Gasteiger charge is 2.54. The van der Waals surface area contributed by atoms with Gasteiger partial charge >= 0.3 is 0 Å². The van der Waals surface area contributed by atoms with Crippen molar-refractivity contribution in [3.05, 3.63) is 17.8 Å². The highest BCUT2D eigenvalue weighted by molar-refractivity contribution is 7.99. The molecule has 3 fully saturated rings. The monoisotopic (exact) mass is 306 g/mol. The molecule has 0 amide bonds. The van der Waals surface area contributed by atoms with Gasteiger partial charge in [0, 0.05) is 6.04 Å². The summed E-state index contributed by atoms with van der Waals surface area (Å²) in [6, 6.07) is 0.566. The summed E-state index contributed by atoms with van der Waals surface area (Å²) >= 11 is 8.26. The third kappa shape index (κ3) is 1.43. The first-order chi connectivity index (χ1) is 9.83. The molecule has 5 atom stereocenters. The van der Waals surface area contributed by atoms with Gasteiger partial charge in [0.05, 0.1) is 6.33 Å². The Morgan fingerprint density at radius 3 is 2.95 bits per heavy atom. The van der Waals surface area contributed by atoms with Crippen LogP contribution in [0.5, 0.6) is 0 Å². The lowest BCUT2D eigenvalue weighted by molar-refractivity contribution is 0.210. The summed E-state index contributed by atoms with van der Waals surface area (Å²) in [6.45, 7) is 0. The average molecular weight is 307 g/mol. The van der Waals surface area contributed by atoms with Crippen molar-refractivity contribution in [1.82, 2.24) is 19.5 Å². The minimum absolute atomic E-state index is 0.464. The Balaban J connectivity index is 1.59. The Labute approximate surface area is 126 Å². The van der Waals surface area contributed by atoms with Gasteiger partial charge in [-0.25, -0.2) is 15.0 Å². The summed E-state index contributed by atoms with van der Waals surface area (Å²) < 4.78 is 2.27. The highest BCUT2D eigenvalue weighted by Crippen LogP contribution is 2.61. The van der Waals surface area contributed by atoms with Crippen LogP contribution >= 0.6 is 23.4 Å². The number of aromatic nitrogens is 4. The predicted molar refractivity (Wildman–Crippen MR) is 79.9 cm³/mol. The zero-order valence-electron chi connectivity index (χ0n) is 10.9. The van der Waals surface area contributed by atoms with Crippen LogP contribution in [0.1, 0.15) is 18.9 Å². The largest absolute Gasteiger partial charge is 0.312 e. The molecule has 104 valence electrons. The lowest BCUT2D eigenvalue weighted by Crippen LogP contribution is -2.28. The molecule has 0 spiro atoms. The number of halogens is 1. The first kappa shape index (κ1) is 11.8. The second-order valence-corrected chi connectivity index (χ2v) is 7.75. The molecule has 0 radical (unpaired) electrons. The summed E-state index contributed by atoms with van der Waals surface area (Å²) in [7, 11) is 0. The van der Waals surface area contributed by atoms with E-state index in [9.17, 15) is 0 Å². The molecule has 3 heterocycles. The van der Waals surface area contributed by atoms with Crippen molar-refractivity contribution in [2.75, 3.05) is 11.5 Å².